The first-order valence-corrected chi connectivity index (χ1v) is 6.79. The summed E-state index contributed by atoms with van der Waals surface area (Å²) in [7, 11) is 0. The first kappa shape index (κ1) is 14.5. The van der Waals surface area contributed by atoms with E-state index >= 15 is 0 Å². The number of nitrogens with one attached hydrogen (secondary N) is 2. The van der Waals surface area contributed by atoms with E-state index in [0.717, 1.165) is 24.0 Å². The molecule has 4 nitrogen and oxygen atoms in total. The van der Waals surface area contributed by atoms with Crippen LogP contribution in [-0.2, 0) is 4.79 Å². The molecular formula is C16H20N2O2. The highest BCUT2D eigenvalue weighted by Gasteiger charge is 2.16. The van der Waals surface area contributed by atoms with Crippen molar-refractivity contribution in [3.63, 3.8) is 0 Å². The number of amides is 1. The molecule has 2 atom stereocenters. The van der Waals surface area contributed by atoms with Crippen LogP contribution in [0.15, 0.2) is 42.5 Å². The monoisotopic (exact) mass is 272 g/mol. The van der Waals surface area contributed by atoms with E-state index < -0.39 is 0 Å². The molecule has 3 rings (SSSR count). The van der Waals surface area contributed by atoms with Crippen molar-refractivity contribution in [2.45, 2.75) is 25.5 Å². The summed E-state index contributed by atoms with van der Waals surface area (Å²) >= 11 is 0. The van der Waals surface area contributed by atoms with Crippen LogP contribution in [-0.4, -0.2) is 30.2 Å². The van der Waals surface area contributed by atoms with Crippen molar-refractivity contribution in [2.24, 2.45) is 0 Å². The van der Waals surface area contributed by atoms with Crippen LogP contribution < -0.4 is 10.6 Å². The van der Waals surface area contributed by atoms with Crippen LogP contribution in [0.2, 0.25) is 0 Å². The lowest BCUT2D eigenvalue weighted by Gasteiger charge is -2.00. The van der Waals surface area contributed by atoms with Crippen LogP contribution in [0.25, 0.3) is 10.8 Å². The summed E-state index contributed by atoms with van der Waals surface area (Å²) in [6, 6.07) is 14.4. The minimum Gasteiger partial charge on any atom is -0.392 e. The molecule has 0 spiro atoms. The molecule has 2 aromatic carbocycles. The van der Waals surface area contributed by atoms with Crippen molar-refractivity contribution in [3.05, 3.63) is 42.5 Å². The number of aliphatic hydroxyl groups excluding tert-OH is 1. The smallest absolute Gasteiger partial charge is 0.211 e. The van der Waals surface area contributed by atoms with Crippen LogP contribution in [0.5, 0.6) is 0 Å². The Bertz CT molecular complexity index is 563. The molecule has 0 radical (unpaired) electrons. The van der Waals surface area contributed by atoms with Gasteiger partial charge in [0.2, 0.25) is 6.41 Å². The maximum atomic E-state index is 10.2. The number of benzene rings is 2. The van der Waals surface area contributed by atoms with E-state index in [1.54, 1.807) is 0 Å². The van der Waals surface area contributed by atoms with Crippen molar-refractivity contribution < 1.29 is 9.90 Å². The largest absolute Gasteiger partial charge is 0.392 e. The van der Waals surface area contributed by atoms with Crippen molar-refractivity contribution >= 4 is 22.9 Å². The third-order valence-electron chi connectivity index (χ3n) is 3.30. The van der Waals surface area contributed by atoms with Crippen molar-refractivity contribution in [1.29, 1.82) is 0 Å². The summed E-state index contributed by atoms with van der Waals surface area (Å²) in [5.74, 6) is 0. The Morgan fingerprint density at radius 1 is 1.25 bits per heavy atom. The predicted molar refractivity (Wildman–Crippen MR) is 81.7 cm³/mol. The second-order valence-corrected chi connectivity index (χ2v) is 5.02. The molecule has 1 saturated heterocycles. The summed E-state index contributed by atoms with van der Waals surface area (Å²) < 4.78 is 0. The minimum absolute atomic E-state index is 0.0880. The van der Waals surface area contributed by atoms with Gasteiger partial charge in [0.1, 0.15) is 0 Å². The number of rotatable bonds is 2. The molecule has 1 amide bonds. The topological polar surface area (TPSA) is 61.4 Å². The Balaban J connectivity index is 0.000000178. The molecule has 1 heterocycles. The normalized spacial score (nSPS) is 21.1. The molecular weight excluding hydrogens is 252 g/mol. The van der Waals surface area contributed by atoms with Gasteiger partial charge in [-0.1, -0.05) is 30.3 Å². The van der Waals surface area contributed by atoms with Gasteiger partial charge in [-0.2, -0.15) is 0 Å². The van der Waals surface area contributed by atoms with E-state index in [1.165, 1.54) is 5.39 Å². The van der Waals surface area contributed by atoms with Crippen molar-refractivity contribution in [2.75, 3.05) is 11.9 Å². The van der Waals surface area contributed by atoms with Gasteiger partial charge in [-0.15, -0.1) is 0 Å². The van der Waals surface area contributed by atoms with E-state index in [0.29, 0.717) is 12.5 Å². The average Bonchev–Trinajstić information content (AvgIpc) is 2.83. The molecule has 1 aliphatic heterocycles. The second kappa shape index (κ2) is 7.03. The zero-order chi connectivity index (χ0) is 14.4. The maximum absolute atomic E-state index is 10.2. The van der Waals surface area contributed by atoms with E-state index in [9.17, 15) is 4.79 Å². The Morgan fingerprint density at radius 3 is 2.55 bits per heavy atom. The van der Waals surface area contributed by atoms with Crippen LogP contribution in [0, 0.1) is 0 Å². The number of carbonyl (C=O) groups is 1. The molecule has 3 N–H and O–H groups in total. The Morgan fingerprint density at radius 2 is 2.00 bits per heavy atom. The first-order chi connectivity index (χ1) is 9.69. The average molecular weight is 272 g/mol. The summed E-state index contributed by atoms with van der Waals surface area (Å²) in [5, 5.41) is 16.9. The first-order valence-electron chi connectivity index (χ1n) is 6.79. The van der Waals surface area contributed by atoms with E-state index in [1.807, 2.05) is 42.5 Å². The van der Waals surface area contributed by atoms with Gasteiger partial charge >= 0.3 is 0 Å². The summed E-state index contributed by atoms with van der Waals surface area (Å²) in [4.78, 5) is 10.2. The lowest BCUT2D eigenvalue weighted by atomic mass is 10.1. The molecule has 2 aromatic rings. The van der Waals surface area contributed by atoms with Crippen LogP contribution >= 0.6 is 0 Å². The molecule has 106 valence electrons. The zero-order valence-electron chi connectivity index (χ0n) is 11.5. The quantitative estimate of drug-likeness (QED) is 0.734. The standard InChI is InChI=1S/C11H9NO.C5H11NO/c13-8-12-11-6-5-9-3-1-2-4-10(9)7-11;1-4-2-5(7)3-6-4/h1-8H,(H,12,13);4-7H,2-3H2,1H3. The Kier molecular flexibility index (Phi) is 5.09. The molecule has 0 aromatic heterocycles. The number of β-amino-alcohol motifs (C(OH)–C–C–N with tert-alkyl or cyclic N) is 1. The summed E-state index contributed by atoms with van der Waals surface area (Å²) in [5.41, 5.74) is 0.828. The number of carbonyl (C=O) groups excluding carboxylic acids is 1. The van der Waals surface area contributed by atoms with Crippen molar-refractivity contribution in [3.8, 4) is 0 Å². The second-order valence-electron chi connectivity index (χ2n) is 5.02. The number of aliphatic hydroxyl groups is 1. The van der Waals surface area contributed by atoms with Gasteiger partial charge in [0.05, 0.1) is 6.10 Å². The van der Waals surface area contributed by atoms with Gasteiger partial charge in [0, 0.05) is 18.3 Å². The molecule has 0 saturated carbocycles. The van der Waals surface area contributed by atoms with E-state index in [-0.39, 0.29) is 6.10 Å². The van der Waals surface area contributed by atoms with E-state index in [4.69, 9.17) is 5.11 Å². The Hall–Kier alpha value is -1.91. The Labute approximate surface area is 118 Å². The van der Waals surface area contributed by atoms with Gasteiger partial charge < -0.3 is 15.7 Å². The molecule has 1 fully saturated rings. The minimum atomic E-state index is -0.0880. The molecule has 0 aliphatic carbocycles. The summed E-state index contributed by atoms with van der Waals surface area (Å²) in [6.45, 7) is 2.86. The molecule has 4 heteroatoms. The van der Waals surface area contributed by atoms with Gasteiger partial charge in [0.15, 0.2) is 0 Å². The fraction of sp³-hybridized carbons (Fsp3) is 0.312. The fourth-order valence-electron chi connectivity index (χ4n) is 2.26. The third-order valence-corrected chi connectivity index (χ3v) is 3.30. The fourth-order valence-corrected chi connectivity index (χ4v) is 2.26. The van der Waals surface area contributed by atoms with Gasteiger partial charge in [0.25, 0.3) is 0 Å². The highest BCUT2D eigenvalue weighted by molar-refractivity contribution is 5.87. The van der Waals surface area contributed by atoms with E-state index in [2.05, 4.69) is 17.6 Å². The van der Waals surface area contributed by atoms with Crippen molar-refractivity contribution in [1.82, 2.24) is 5.32 Å². The molecule has 20 heavy (non-hydrogen) atoms. The number of hydrogen-bond donors (Lipinski definition) is 3. The molecule has 1 aliphatic rings. The predicted octanol–water partition coefficient (Wildman–Crippen LogP) is 2.14. The molecule has 2 unspecified atom stereocenters. The van der Waals surface area contributed by atoms with Gasteiger partial charge in [-0.05, 0) is 36.2 Å². The summed E-state index contributed by atoms with van der Waals surface area (Å²) in [6.07, 6.45) is 1.51. The SMILES string of the molecule is CC1CC(O)CN1.O=CNc1ccc2ccccc2c1. The number of fused-ring (bicyclic) bond motifs is 1. The molecule has 0 bridgehead atoms. The number of anilines is 1. The number of hydrogen-bond acceptors (Lipinski definition) is 3. The zero-order valence-corrected chi connectivity index (χ0v) is 11.5. The van der Waals surface area contributed by atoms with Crippen LogP contribution in [0.3, 0.4) is 0 Å². The third kappa shape index (κ3) is 4.05. The lowest BCUT2D eigenvalue weighted by Crippen LogP contribution is -2.17. The van der Waals surface area contributed by atoms with Crippen LogP contribution in [0.4, 0.5) is 5.69 Å². The van der Waals surface area contributed by atoms with Gasteiger partial charge in [-0.25, -0.2) is 0 Å². The highest BCUT2D eigenvalue weighted by atomic mass is 16.3. The van der Waals surface area contributed by atoms with Crippen LogP contribution in [0.1, 0.15) is 13.3 Å². The van der Waals surface area contributed by atoms with Gasteiger partial charge in [-0.3, -0.25) is 4.79 Å². The lowest BCUT2D eigenvalue weighted by molar-refractivity contribution is -0.105. The maximum Gasteiger partial charge on any atom is 0.211 e. The highest BCUT2D eigenvalue weighted by Crippen LogP contribution is 2.17.